The molecule has 0 bridgehead atoms. The fraction of sp³-hybridized carbons (Fsp3) is 0.160. The quantitative estimate of drug-likeness (QED) is 0.335. The first-order valence-corrected chi connectivity index (χ1v) is 10.5. The Hall–Kier alpha value is -3.64. The Labute approximate surface area is 190 Å². The molecule has 0 spiro atoms. The molecule has 0 saturated carbocycles. The third-order valence-electron chi connectivity index (χ3n) is 5.28. The number of aromatic nitrogens is 1. The number of carbonyl (C=O) groups excluding carboxylic acids is 2. The average molecular weight is 449 g/mol. The Bertz CT molecular complexity index is 1210. The van der Waals surface area contributed by atoms with Crippen molar-refractivity contribution in [1.29, 1.82) is 0 Å². The van der Waals surface area contributed by atoms with E-state index in [1.165, 1.54) is 4.90 Å². The first-order chi connectivity index (χ1) is 15.4. The molecule has 1 aliphatic rings. The Kier molecular flexibility index (Phi) is 5.97. The molecule has 2 heterocycles. The second-order valence-corrected chi connectivity index (χ2v) is 7.75. The van der Waals surface area contributed by atoms with E-state index in [1.807, 2.05) is 13.8 Å². The largest absolute Gasteiger partial charge is 0.507 e. The van der Waals surface area contributed by atoms with Crippen molar-refractivity contribution in [3.8, 4) is 5.75 Å². The number of halogens is 1. The number of aliphatic hydroxyl groups excluding tert-OH is 1. The first kappa shape index (κ1) is 21.6. The second kappa shape index (κ2) is 8.85. The summed E-state index contributed by atoms with van der Waals surface area (Å²) < 4.78 is 5.44. The zero-order valence-corrected chi connectivity index (χ0v) is 18.3. The number of pyridine rings is 1. The molecule has 1 fully saturated rings. The van der Waals surface area contributed by atoms with Crippen molar-refractivity contribution >= 4 is 34.7 Å². The minimum absolute atomic E-state index is 0.0303. The lowest BCUT2D eigenvalue weighted by molar-refractivity contribution is -0.132. The number of hydrogen-bond acceptors (Lipinski definition) is 5. The van der Waals surface area contributed by atoms with Crippen LogP contribution in [0.1, 0.15) is 29.8 Å². The van der Waals surface area contributed by atoms with Gasteiger partial charge in [-0.05, 0) is 67.9 Å². The maximum Gasteiger partial charge on any atom is 0.300 e. The topological polar surface area (TPSA) is 79.7 Å². The van der Waals surface area contributed by atoms with Gasteiger partial charge in [0.1, 0.15) is 17.6 Å². The van der Waals surface area contributed by atoms with Crippen molar-refractivity contribution < 1.29 is 19.4 Å². The van der Waals surface area contributed by atoms with Gasteiger partial charge in [0, 0.05) is 22.5 Å². The molecule has 0 radical (unpaired) electrons. The minimum Gasteiger partial charge on any atom is -0.507 e. The summed E-state index contributed by atoms with van der Waals surface area (Å²) in [5.41, 5.74) is 2.07. The van der Waals surface area contributed by atoms with Crippen LogP contribution in [-0.4, -0.2) is 28.4 Å². The molecule has 1 unspecified atom stereocenters. The fourth-order valence-electron chi connectivity index (χ4n) is 3.77. The van der Waals surface area contributed by atoms with Crippen LogP contribution in [-0.2, 0) is 9.59 Å². The monoisotopic (exact) mass is 448 g/mol. The first-order valence-electron chi connectivity index (χ1n) is 10.1. The summed E-state index contributed by atoms with van der Waals surface area (Å²) in [6, 6.07) is 16.1. The van der Waals surface area contributed by atoms with Crippen molar-refractivity contribution in [2.45, 2.75) is 19.9 Å². The van der Waals surface area contributed by atoms with Crippen molar-refractivity contribution in [1.82, 2.24) is 4.98 Å². The number of benzene rings is 2. The number of ketones is 1. The van der Waals surface area contributed by atoms with Gasteiger partial charge in [0.15, 0.2) is 0 Å². The van der Waals surface area contributed by atoms with Gasteiger partial charge < -0.3 is 9.84 Å². The summed E-state index contributed by atoms with van der Waals surface area (Å²) in [6.45, 7) is 4.21. The predicted molar refractivity (Wildman–Crippen MR) is 123 cm³/mol. The van der Waals surface area contributed by atoms with Gasteiger partial charge in [0.2, 0.25) is 0 Å². The van der Waals surface area contributed by atoms with Gasteiger partial charge in [-0.15, -0.1) is 0 Å². The van der Waals surface area contributed by atoms with Crippen molar-refractivity contribution in [2.24, 2.45) is 0 Å². The number of rotatable bonds is 5. The van der Waals surface area contributed by atoms with Crippen LogP contribution in [0.2, 0.25) is 5.02 Å². The van der Waals surface area contributed by atoms with E-state index in [0.717, 1.165) is 5.56 Å². The van der Waals surface area contributed by atoms with Gasteiger partial charge in [0.05, 0.1) is 17.9 Å². The summed E-state index contributed by atoms with van der Waals surface area (Å²) in [6.07, 6.45) is 1.58. The molecule has 1 saturated heterocycles. The van der Waals surface area contributed by atoms with Crippen molar-refractivity contribution in [3.63, 3.8) is 0 Å². The molecule has 4 rings (SSSR count). The number of ether oxygens (including phenoxy) is 1. The molecular formula is C25H21ClN2O4. The number of aryl methyl sites for hydroxylation is 1. The molecule has 7 heteroatoms. The molecule has 162 valence electrons. The number of carbonyl (C=O) groups is 2. The van der Waals surface area contributed by atoms with Crippen LogP contribution in [0.3, 0.4) is 0 Å². The number of aliphatic hydroxyl groups is 1. The molecule has 1 atom stereocenters. The number of nitrogens with zero attached hydrogens (tertiary/aromatic N) is 2. The summed E-state index contributed by atoms with van der Waals surface area (Å²) >= 11 is 6.20. The van der Waals surface area contributed by atoms with Crippen molar-refractivity contribution in [3.05, 3.63) is 94.3 Å². The number of amides is 1. The highest BCUT2D eigenvalue weighted by Crippen LogP contribution is 2.43. The minimum atomic E-state index is -0.903. The average Bonchev–Trinajstić information content (AvgIpc) is 3.07. The van der Waals surface area contributed by atoms with E-state index in [1.54, 1.807) is 66.9 Å². The van der Waals surface area contributed by atoms with Crippen LogP contribution in [0, 0.1) is 6.92 Å². The number of anilines is 1. The van der Waals surface area contributed by atoms with Crippen LogP contribution < -0.4 is 9.64 Å². The van der Waals surface area contributed by atoms with Gasteiger partial charge in [-0.3, -0.25) is 19.5 Å². The summed E-state index contributed by atoms with van der Waals surface area (Å²) in [5, 5.41) is 11.6. The third kappa shape index (κ3) is 3.85. The SMILES string of the molecule is CCOc1ccc(/C(O)=C2\C(=O)C(=O)N(c3cc(Cl)ccc3C)C2c2ccccn2)cc1. The highest BCUT2D eigenvalue weighted by atomic mass is 35.5. The van der Waals surface area contributed by atoms with E-state index >= 15 is 0 Å². The van der Waals surface area contributed by atoms with E-state index in [2.05, 4.69) is 4.98 Å². The van der Waals surface area contributed by atoms with E-state index in [4.69, 9.17) is 16.3 Å². The van der Waals surface area contributed by atoms with Gasteiger partial charge in [-0.1, -0.05) is 23.7 Å². The Morgan fingerprint density at radius 1 is 1.12 bits per heavy atom. The Morgan fingerprint density at radius 2 is 1.88 bits per heavy atom. The predicted octanol–water partition coefficient (Wildman–Crippen LogP) is 5.07. The van der Waals surface area contributed by atoms with Crippen LogP contribution in [0.25, 0.3) is 5.76 Å². The molecular weight excluding hydrogens is 428 g/mol. The van der Waals surface area contributed by atoms with Gasteiger partial charge in [-0.25, -0.2) is 0 Å². The smallest absolute Gasteiger partial charge is 0.300 e. The lowest BCUT2D eigenvalue weighted by Crippen LogP contribution is -2.30. The maximum absolute atomic E-state index is 13.2. The maximum atomic E-state index is 13.2. The van der Waals surface area contributed by atoms with Crippen molar-refractivity contribution in [2.75, 3.05) is 11.5 Å². The fourth-order valence-corrected chi connectivity index (χ4v) is 3.94. The third-order valence-corrected chi connectivity index (χ3v) is 5.52. The second-order valence-electron chi connectivity index (χ2n) is 7.31. The Morgan fingerprint density at radius 3 is 2.53 bits per heavy atom. The molecule has 1 aromatic heterocycles. The van der Waals surface area contributed by atoms with Crippen LogP contribution in [0.4, 0.5) is 5.69 Å². The van der Waals surface area contributed by atoms with Gasteiger partial charge >= 0.3 is 0 Å². The van der Waals surface area contributed by atoms with E-state index in [0.29, 0.717) is 34.3 Å². The molecule has 3 aromatic rings. The molecule has 2 aromatic carbocycles. The van der Waals surface area contributed by atoms with Crippen LogP contribution in [0.15, 0.2) is 72.4 Å². The lowest BCUT2D eigenvalue weighted by atomic mass is 9.98. The van der Waals surface area contributed by atoms with Crippen LogP contribution >= 0.6 is 11.6 Å². The lowest BCUT2D eigenvalue weighted by Gasteiger charge is -2.26. The molecule has 1 aliphatic heterocycles. The summed E-state index contributed by atoms with van der Waals surface area (Å²) in [5.74, 6) is -1.17. The summed E-state index contributed by atoms with van der Waals surface area (Å²) in [4.78, 5) is 32.1. The zero-order valence-electron chi connectivity index (χ0n) is 17.6. The van der Waals surface area contributed by atoms with E-state index in [9.17, 15) is 14.7 Å². The molecule has 32 heavy (non-hydrogen) atoms. The number of Topliss-reactive ketones (excluding diaryl/α,β-unsaturated/α-hetero) is 1. The van der Waals surface area contributed by atoms with E-state index in [-0.39, 0.29) is 11.3 Å². The molecule has 1 amide bonds. The zero-order chi connectivity index (χ0) is 22.8. The Balaban J connectivity index is 1.91. The van der Waals surface area contributed by atoms with E-state index < -0.39 is 17.7 Å². The highest BCUT2D eigenvalue weighted by molar-refractivity contribution is 6.52. The standard InChI is InChI=1S/C25H21ClN2O4/c1-3-32-18-11-8-16(9-12-18)23(29)21-22(19-6-4-5-13-27-19)28(25(31)24(21)30)20-14-17(26)10-7-15(20)2/h4-14,22,29H,3H2,1-2H3/b23-21+. The van der Waals surface area contributed by atoms with Gasteiger partial charge in [-0.2, -0.15) is 0 Å². The van der Waals surface area contributed by atoms with Crippen LogP contribution in [0.5, 0.6) is 5.75 Å². The molecule has 6 nitrogen and oxygen atoms in total. The highest BCUT2D eigenvalue weighted by Gasteiger charge is 2.48. The number of hydrogen-bond donors (Lipinski definition) is 1. The van der Waals surface area contributed by atoms with Gasteiger partial charge in [0.25, 0.3) is 11.7 Å². The molecule has 0 aliphatic carbocycles. The molecule has 1 N–H and O–H groups in total. The summed E-state index contributed by atoms with van der Waals surface area (Å²) in [7, 11) is 0. The normalized spacial score (nSPS) is 17.6.